The van der Waals surface area contributed by atoms with Crippen molar-refractivity contribution in [3.8, 4) is 0 Å². The molecule has 1 nitrogen and oxygen atoms in total. The van der Waals surface area contributed by atoms with Crippen LogP contribution in [0.25, 0.3) is 0 Å². The quantitative estimate of drug-likeness (QED) is 0.426. The molecular formula is H2CeCl4O. The zero-order valence-electron chi connectivity index (χ0n) is 2.51. The Morgan fingerprint density at radius 2 is 0.500 bits per heavy atom. The maximum Gasteiger partial charge on any atom is 4.00 e. The summed E-state index contributed by atoms with van der Waals surface area (Å²) in [5.41, 5.74) is 0. The largest absolute Gasteiger partial charge is 4.00 e. The van der Waals surface area contributed by atoms with E-state index < -0.39 is 0 Å². The van der Waals surface area contributed by atoms with E-state index in [0.717, 1.165) is 0 Å². The molecule has 0 aliphatic rings. The van der Waals surface area contributed by atoms with Crippen LogP contribution in [0.2, 0.25) is 0 Å². The second kappa shape index (κ2) is 50.8. The van der Waals surface area contributed by atoms with E-state index in [-0.39, 0.29) is 96.9 Å². The molecule has 0 aromatic heterocycles. The summed E-state index contributed by atoms with van der Waals surface area (Å²) >= 11 is 0. The van der Waals surface area contributed by atoms with Gasteiger partial charge in [0.1, 0.15) is 0 Å². The SMILES string of the molecule is O.[Ce+4].[Cl-].[Cl-].[Cl-].[Cl-]. The van der Waals surface area contributed by atoms with Gasteiger partial charge in [0.15, 0.2) is 0 Å². The second-order valence-electron chi connectivity index (χ2n) is 0. The van der Waals surface area contributed by atoms with Crippen LogP contribution in [0.1, 0.15) is 0 Å². The van der Waals surface area contributed by atoms with Crippen LogP contribution < -0.4 is 49.6 Å². The molecule has 2 N–H and O–H groups in total. The molecule has 0 saturated heterocycles. The van der Waals surface area contributed by atoms with E-state index in [0.29, 0.717) is 0 Å². The van der Waals surface area contributed by atoms with Crippen molar-refractivity contribution in [2.45, 2.75) is 0 Å². The van der Waals surface area contributed by atoms with Gasteiger partial charge >= 0.3 is 41.7 Å². The fourth-order valence-corrected chi connectivity index (χ4v) is 0. The second-order valence-corrected chi connectivity index (χ2v) is 0. The molecule has 0 aromatic rings. The Hall–Kier alpha value is 2.50. The fraction of sp³-hybridized carbons (Fsp3) is 0. The predicted molar refractivity (Wildman–Crippen MR) is 3.61 cm³/mol. The summed E-state index contributed by atoms with van der Waals surface area (Å²) < 4.78 is 0. The zero-order valence-corrected chi connectivity index (χ0v) is 8.68. The molecule has 0 rings (SSSR count). The van der Waals surface area contributed by atoms with Crippen LogP contribution >= 0.6 is 0 Å². The van der Waals surface area contributed by atoms with Gasteiger partial charge in [-0.3, -0.25) is 0 Å². The Balaban J connectivity index is 0. The van der Waals surface area contributed by atoms with Crippen molar-refractivity contribution < 1.29 is 96.9 Å². The molecule has 0 bridgehead atoms. The fourth-order valence-electron chi connectivity index (χ4n) is 0. The minimum absolute atomic E-state index is 0. The standard InChI is InChI=1S/Ce.4ClH.H2O/h;4*1H;1H2/q+4;;;;;/p-4. The van der Waals surface area contributed by atoms with Crippen LogP contribution in [0, 0.1) is 41.7 Å². The van der Waals surface area contributed by atoms with Gasteiger partial charge in [-0.25, -0.2) is 0 Å². The minimum atomic E-state index is 0. The maximum atomic E-state index is 0. The average Bonchev–Trinajstić information content (AvgIpc) is 0. The first-order valence-corrected chi connectivity index (χ1v) is 0. The molecule has 6 heteroatoms. The smallest absolute Gasteiger partial charge is 1.00 e. The van der Waals surface area contributed by atoms with Crippen LogP contribution in [0.3, 0.4) is 0 Å². The van der Waals surface area contributed by atoms with E-state index >= 15 is 0 Å². The summed E-state index contributed by atoms with van der Waals surface area (Å²) in [6, 6.07) is 0. The van der Waals surface area contributed by atoms with Crippen LogP contribution in [0.4, 0.5) is 0 Å². The third-order valence-corrected chi connectivity index (χ3v) is 0. The molecule has 0 aliphatic carbocycles. The molecule has 0 unspecified atom stereocenters. The first-order valence-electron chi connectivity index (χ1n) is 0. The van der Waals surface area contributed by atoms with Crippen molar-refractivity contribution in [2.24, 2.45) is 0 Å². The van der Waals surface area contributed by atoms with Crippen LogP contribution in [0.15, 0.2) is 0 Å². The Morgan fingerprint density at radius 1 is 0.500 bits per heavy atom. The van der Waals surface area contributed by atoms with Crippen molar-refractivity contribution in [1.29, 1.82) is 0 Å². The molecule has 0 fully saturated rings. The summed E-state index contributed by atoms with van der Waals surface area (Å²) in [6.45, 7) is 0. The van der Waals surface area contributed by atoms with Gasteiger partial charge < -0.3 is 55.1 Å². The molecule has 0 spiro atoms. The van der Waals surface area contributed by atoms with Gasteiger partial charge in [0, 0.05) is 0 Å². The molecule has 6 heavy (non-hydrogen) atoms. The van der Waals surface area contributed by atoms with E-state index in [4.69, 9.17) is 0 Å². The summed E-state index contributed by atoms with van der Waals surface area (Å²) in [7, 11) is 0. The normalized spacial score (nSPS) is 0. The summed E-state index contributed by atoms with van der Waals surface area (Å²) in [4.78, 5) is 0. The van der Waals surface area contributed by atoms with Gasteiger partial charge in [-0.2, -0.15) is 0 Å². The molecule has 0 aromatic carbocycles. The molecule has 0 heterocycles. The maximum absolute atomic E-state index is 0. The Morgan fingerprint density at radius 3 is 0.500 bits per heavy atom. The Labute approximate surface area is 95.3 Å². The Kier molecular flexibility index (Phi) is 648. The molecule has 0 saturated carbocycles. The van der Waals surface area contributed by atoms with Gasteiger partial charge in [0.2, 0.25) is 0 Å². The van der Waals surface area contributed by atoms with Gasteiger partial charge in [-0.05, 0) is 0 Å². The van der Waals surface area contributed by atoms with Crippen molar-refractivity contribution in [3.63, 3.8) is 0 Å². The van der Waals surface area contributed by atoms with Crippen molar-refractivity contribution in [3.05, 3.63) is 0 Å². The molecule has 0 radical (unpaired) electrons. The third kappa shape index (κ3) is 31.5. The number of halogens is 4. The van der Waals surface area contributed by atoms with Crippen LogP contribution in [-0.4, -0.2) is 5.48 Å². The minimum Gasteiger partial charge on any atom is -1.00 e. The molecular weight excluding hydrogens is 298 g/mol. The van der Waals surface area contributed by atoms with E-state index in [1.54, 1.807) is 0 Å². The van der Waals surface area contributed by atoms with Crippen molar-refractivity contribution in [2.75, 3.05) is 0 Å². The van der Waals surface area contributed by atoms with Crippen molar-refractivity contribution >= 4 is 0 Å². The predicted octanol–water partition coefficient (Wildman–Crippen LogP) is -12.8. The topological polar surface area (TPSA) is 31.5 Å². The van der Waals surface area contributed by atoms with E-state index in [9.17, 15) is 0 Å². The summed E-state index contributed by atoms with van der Waals surface area (Å²) in [5.74, 6) is 0. The van der Waals surface area contributed by atoms with Crippen molar-refractivity contribution in [1.82, 2.24) is 0 Å². The number of hydrogen-bond donors (Lipinski definition) is 0. The zero-order chi connectivity index (χ0) is 0. The first-order chi connectivity index (χ1) is 0. The first kappa shape index (κ1) is 76.6. The number of hydrogen-bond acceptors (Lipinski definition) is 0. The molecule has 0 atom stereocenters. The molecule has 0 aliphatic heterocycles. The number of rotatable bonds is 0. The average molecular weight is 300 g/mol. The summed E-state index contributed by atoms with van der Waals surface area (Å²) in [5, 5.41) is 0. The molecule has 0 amide bonds. The summed E-state index contributed by atoms with van der Waals surface area (Å²) in [6.07, 6.45) is 0. The van der Waals surface area contributed by atoms with E-state index in [1.165, 1.54) is 0 Å². The van der Waals surface area contributed by atoms with Crippen LogP contribution in [0.5, 0.6) is 0 Å². The van der Waals surface area contributed by atoms with E-state index in [2.05, 4.69) is 0 Å². The monoisotopic (exact) mass is 298 g/mol. The Bertz CT molecular complexity index is 7.51. The van der Waals surface area contributed by atoms with Crippen LogP contribution in [-0.2, 0) is 0 Å². The van der Waals surface area contributed by atoms with Gasteiger partial charge in [-0.1, -0.05) is 0 Å². The molecule has 40 valence electrons. The van der Waals surface area contributed by atoms with Gasteiger partial charge in [0.05, 0.1) is 0 Å². The van der Waals surface area contributed by atoms with Gasteiger partial charge in [-0.15, -0.1) is 0 Å². The third-order valence-electron chi connectivity index (χ3n) is 0. The van der Waals surface area contributed by atoms with E-state index in [1.807, 2.05) is 0 Å². The van der Waals surface area contributed by atoms with Gasteiger partial charge in [0.25, 0.3) is 0 Å².